The van der Waals surface area contributed by atoms with Crippen LogP contribution in [0.3, 0.4) is 0 Å². The Kier molecular flexibility index (Phi) is 4.78. The smallest absolute Gasteiger partial charge is 0.248 e. The highest BCUT2D eigenvalue weighted by molar-refractivity contribution is 7.99. The Bertz CT molecular complexity index is 639. The van der Waals surface area contributed by atoms with Gasteiger partial charge in [-0.15, -0.1) is 11.8 Å². The molecule has 1 unspecified atom stereocenters. The van der Waals surface area contributed by atoms with E-state index in [1.165, 1.54) is 10.5 Å². The number of fused-ring (bicyclic) bond motifs is 1. The van der Waals surface area contributed by atoms with Gasteiger partial charge in [0.05, 0.1) is 0 Å². The first kappa shape index (κ1) is 14.4. The summed E-state index contributed by atoms with van der Waals surface area (Å²) >= 11 is 1.87. The molecule has 0 bridgehead atoms. The second-order valence-electron chi connectivity index (χ2n) is 5.32. The lowest BCUT2D eigenvalue weighted by Crippen LogP contribution is -2.28. The van der Waals surface area contributed by atoms with Crippen molar-refractivity contribution >= 4 is 11.8 Å². The summed E-state index contributed by atoms with van der Waals surface area (Å²) in [4.78, 5) is 15.7. The van der Waals surface area contributed by atoms with E-state index in [1.54, 1.807) is 6.07 Å². The number of aromatic amines is 1. The molecule has 0 saturated heterocycles. The summed E-state index contributed by atoms with van der Waals surface area (Å²) in [6, 6.07) is 14.5. The molecule has 0 saturated carbocycles. The van der Waals surface area contributed by atoms with E-state index in [0.29, 0.717) is 6.04 Å². The Morgan fingerprint density at radius 2 is 2.05 bits per heavy atom. The molecule has 1 aliphatic rings. The maximum atomic E-state index is 11.4. The Morgan fingerprint density at radius 3 is 2.90 bits per heavy atom. The van der Waals surface area contributed by atoms with Crippen molar-refractivity contribution in [1.82, 2.24) is 10.3 Å². The summed E-state index contributed by atoms with van der Waals surface area (Å²) in [5.41, 5.74) is 2.39. The van der Waals surface area contributed by atoms with Crippen LogP contribution in [0.1, 0.15) is 30.1 Å². The predicted octanol–water partition coefficient (Wildman–Crippen LogP) is 3.13. The molecule has 1 heterocycles. The number of benzene rings is 1. The van der Waals surface area contributed by atoms with Gasteiger partial charge in [-0.05, 0) is 37.0 Å². The molecule has 0 radical (unpaired) electrons. The second kappa shape index (κ2) is 6.96. The number of H-pyrrole nitrogens is 1. The van der Waals surface area contributed by atoms with Crippen LogP contribution in [-0.4, -0.2) is 17.3 Å². The van der Waals surface area contributed by atoms with Crippen LogP contribution in [0.5, 0.6) is 0 Å². The van der Waals surface area contributed by atoms with Crippen molar-refractivity contribution in [1.29, 1.82) is 0 Å². The Balaban J connectivity index is 1.54. The molecule has 21 heavy (non-hydrogen) atoms. The fourth-order valence-corrected chi connectivity index (χ4v) is 3.64. The lowest BCUT2D eigenvalue weighted by Gasteiger charge is -2.26. The molecule has 0 aliphatic heterocycles. The van der Waals surface area contributed by atoms with Crippen LogP contribution < -0.4 is 10.9 Å². The first-order valence-corrected chi connectivity index (χ1v) is 8.45. The maximum absolute atomic E-state index is 11.4. The number of hydrogen-bond acceptors (Lipinski definition) is 3. The minimum absolute atomic E-state index is 0.00836. The van der Waals surface area contributed by atoms with E-state index in [9.17, 15) is 4.79 Å². The topological polar surface area (TPSA) is 44.9 Å². The molecule has 1 aromatic heterocycles. The molecule has 0 spiro atoms. The van der Waals surface area contributed by atoms with Crippen LogP contribution in [0, 0.1) is 0 Å². The summed E-state index contributed by atoms with van der Waals surface area (Å²) in [7, 11) is 0. The van der Waals surface area contributed by atoms with Gasteiger partial charge in [-0.3, -0.25) is 4.79 Å². The van der Waals surface area contributed by atoms with Gasteiger partial charge in [0, 0.05) is 35.0 Å². The van der Waals surface area contributed by atoms with Crippen LogP contribution in [0.25, 0.3) is 0 Å². The van der Waals surface area contributed by atoms with E-state index in [1.807, 2.05) is 23.9 Å². The first-order valence-electron chi connectivity index (χ1n) is 7.46. The summed E-state index contributed by atoms with van der Waals surface area (Å²) in [6.45, 7) is 0.975. The summed E-state index contributed by atoms with van der Waals surface area (Å²) in [5.74, 6) is 1.05. The third-order valence-corrected chi connectivity index (χ3v) is 4.85. The number of thioether (sulfide) groups is 1. The van der Waals surface area contributed by atoms with Crippen molar-refractivity contribution in [2.75, 3.05) is 12.3 Å². The lowest BCUT2D eigenvalue weighted by atomic mass is 9.91. The van der Waals surface area contributed by atoms with Crippen LogP contribution in [0.2, 0.25) is 0 Å². The fourth-order valence-electron chi connectivity index (χ4n) is 2.83. The minimum Gasteiger partial charge on any atom is -0.326 e. The van der Waals surface area contributed by atoms with Crippen LogP contribution in [-0.2, 0) is 6.42 Å². The van der Waals surface area contributed by atoms with E-state index in [-0.39, 0.29) is 5.56 Å². The quantitative estimate of drug-likeness (QED) is 0.658. The zero-order valence-electron chi connectivity index (χ0n) is 12.0. The van der Waals surface area contributed by atoms with Gasteiger partial charge in [-0.2, -0.15) is 0 Å². The first-order chi connectivity index (χ1) is 10.3. The Morgan fingerprint density at radius 1 is 1.19 bits per heavy atom. The zero-order valence-corrected chi connectivity index (χ0v) is 12.8. The molecule has 0 amide bonds. The SMILES string of the molecule is O=c1ccc2c([nH]1)CCCC2NCCSc1ccccc1. The molecule has 4 heteroatoms. The van der Waals surface area contributed by atoms with Crippen LogP contribution in [0.4, 0.5) is 0 Å². The monoisotopic (exact) mass is 300 g/mol. The molecule has 0 fully saturated rings. The molecular weight excluding hydrogens is 280 g/mol. The third kappa shape index (κ3) is 3.77. The van der Waals surface area contributed by atoms with E-state index in [2.05, 4.69) is 34.6 Å². The average molecular weight is 300 g/mol. The molecule has 1 atom stereocenters. The van der Waals surface area contributed by atoms with Crippen molar-refractivity contribution in [3.05, 3.63) is 64.1 Å². The predicted molar refractivity (Wildman–Crippen MR) is 87.9 cm³/mol. The molecule has 3 nitrogen and oxygen atoms in total. The van der Waals surface area contributed by atoms with Crippen LogP contribution in [0.15, 0.2) is 52.2 Å². The third-order valence-electron chi connectivity index (χ3n) is 3.84. The van der Waals surface area contributed by atoms with Gasteiger partial charge in [0.1, 0.15) is 0 Å². The summed E-state index contributed by atoms with van der Waals surface area (Å²) in [6.07, 6.45) is 3.27. The standard InChI is InChI=1S/C17H20N2OS/c20-17-10-9-14-15(7-4-8-16(14)19-17)18-11-12-21-13-5-2-1-3-6-13/h1-3,5-6,9-10,15,18H,4,7-8,11-12H2,(H,19,20). The van der Waals surface area contributed by atoms with Crippen molar-refractivity contribution in [2.45, 2.75) is 30.2 Å². The van der Waals surface area contributed by atoms with Gasteiger partial charge in [-0.25, -0.2) is 0 Å². The highest BCUT2D eigenvalue weighted by Gasteiger charge is 2.19. The second-order valence-corrected chi connectivity index (χ2v) is 6.49. The molecular formula is C17H20N2OS. The average Bonchev–Trinajstić information content (AvgIpc) is 2.52. The van der Waals surface area contributed by atoms with Crippen molar-refractivity contribution < 1.29 is 0 Å². The van der Waals surface area contributed by atoms with Gasteiger partial charge in [-0.1, -0.05) is 24.3 Å². The summed E-state index contributed by atoms with van der Waals surface area (Å²) in [5, 5.41) is 3.62. The molecule has 2 N–H and O–H groups in total. The van der Waals surface area contributed by atoms with Gasteiger partial charge in [0.2, 0.25) is 5.56 Å². The minimum atomic E-state index is 0.00836. The fraction of sp³-hybridized carbons (Fsp3) is 0.353. The Labute approximate surface area is 129 Å². The zero-order chi connectivity index (χ0) is 14.5. The lowest BCUT2D eigenvalue weighted by molar-refractivity contribution is 0.467. The van der Waals surface area contributed by atoms with Gasteiger partial charge in [0.15, 0.2) is 0 Å². The van der Waals surface area contributed by atoms with Gasteiger partial charge in [0.25, 0.3) is 0 Å². The maximum Gasteiger partial charge on any atom is 0.248 e. The number of aromatic nitrogens is 1. The molecule has 3 rings (SSSR count). The highest BCUT2D eigenvalue weighted by Crippen LogP contribution is 2.27. The van der Waals surface area contributed by atoms with E-state index < -0.39 is 0 Å². The number of nitrogens with one attached hydrogen (secondary N) is 2. The van der Waals surface area contributed by atoms with Gasteiger partial charge < -0.3 is 10.3 Å². The van der Waals surface area contributed by atoms with E-state index in [4.69, 9.17) is 0 Å². The van der Waals surface area contributed by atoms with E-state index >= 15 is 0 Å². The van der Waals surface area contributed by atoms with Crippen LogP contribution >= 0.6 is 11.8 Å². The Hall–Kier alpha value is -1.52. The molecule has 110 valence electrons. The van der Waals surface area contributed by atoms with Crippen molar-refractivity contribution in [2.24, 2.45) is 0 Å². The molecule has 1 aliphatic carbocycles. The normalized spacial score (nSPS) is 17.4. The van der Waals surface area contributed by atoms with Gasteiger partial charge >= 0.3 is 0 Å². The number of rotatable bonds is 5. The highest BCUT2D eigenvalue weighted by atomic mass is 32.2. The summed E-state index contributed by atoms with van der Waals surface area (Å²) < 4.78 is 0. The number of hydrogen-bond donors (Lipinski definition) is 2. The van der Waals surface area contributed by atoms with Crippen molar-refractivity contribution in [3.8, 4) is 0 Å². The number of pyridine rings is 1. The largest absolute Gasteiger partial charge is 0.326 e. The molecule has 2 aromatic rings. The van der Waals surface area contributed by atoms with E-state index in [0.717, 1.165) is 37.3 Å². The van der Waals surface area contributed by atoms with Crippen molar-refractivity contribution in [3.63, 3.8) is 0 Å². The molecule has 1 aromatic carbocycles. The number of aryl methyl sites for hydroxylation is 1.